The lowest BCUT2D eigenvalue weighted by molar-refractivity contribution is -0.313. The van der Waals surface area contributed by atoms with E-state index in [1.807, 2.05) is 54.7 Å². The number of carbonyl (C=O) groups excluding carboxylic acids is 8. The summed E-state index contributed by atoms with van der Waals surface area (Å²) < 4.78 is 66.7. The predicted octanol–water partition coefficient (Wildman–Crippen LogP) is 7.34. The van der Waals surface area contributed by atoms with Crippen molar-refractivity contribution in [3.63, 3.8) is 0 Å². The van der Waals surface area contributed by atoms with E-state index in [1.165, 1.54) is 33.0 Å². The number of nitrogens with zero attached hydrogens (tertiary/aromatic N) is 16. The van der Waals surface area contributed by atoms with Crippen LogP contribution in [-0.4, -0.2) is 315 Å². The van der Waals surface area contributed by atoms with E-state index in [9.17, 15) is 58.8 Å². The fraction of sp³-hybridized carbons (Fsp3) is 0.727. The van der Waals surface area contributed by atoms with Crippen LogP contribution < -0.4 is 0 Å². The Bertz CT molecular complexity index is 4670. The first-order valence-electron chi connectivity index (χ1n) is 43.7. The molecule has 6 saturated heterocycles. The Hall–Kier alpha value is -9.07. The van der Waals surface area contributed by atoms with Crippen LogP contribution in [0.4, 0.5) is 9.59 Å². The van der Waals surface area contributed by atoms with Gasteiger partial charge in [0.1, 0.15) is 71.1 Å². The number of aliphatic hydroxyl groups is 4. The molecule has 0 aliphatic carbocycles. The molecule has 5 aromatic rings. The van der Waals surface area contributed by atoms with Crippen LogP contribution in [-0.2, 0) is 95.8 Å². The highest BCUT2D eigenvalue weighted by atomic mass is 16.7. The van der Waals surface area contributed by atoms with Gasteiger partial charge < -0.3 is 87.4 Å². The fourth-order valence-electron chi connectivity index (χ4n) is 19.5. The lowest BCUT2D eigenvalue weighted by atomic mass is 9.73. The first-order chi connectivity index (χ1) is 59.5. The lowest BCUT2D eigenvalue weighted by Gasteiger charge is -2.48. The monoisotopic (exact) mass is 1760 g/mol. The van der Waals surface area contributed by atoms with Crippen molar-refractivity contribution in [1.29, 1.82) is 0 Å². The third-order valence-corrected chi connectivity index (χ3v) is 26.6. The number of amides is 2. The van der Waals surface area contributed by atoms with Crippen molar-refractivity contribution in [3.05, 3.63) is 70.9 Å². The molecule has 0 bridgehead atoms. The van der Waals surface area contributed by atoms with E-state index in [0.29, 0.717) is 51.0 Å². The van der Waals surface area contributed by atoms with Crippen LogP contribution in [0.15, 0.2) is 59.8 Å². The molecule has 28 atom stereocenters. The molecule has 38 heteroatoms. The van der Waals surface area contributed by atoms with Crippen molar-refractivity contribution in [3.8, 4) is 12.3 Å². The zero-order valence-corrected chi connectivity index (χ0v) is 76.8. The third-order valence-electron chi connectivity index (χ3n) is 26.6. The van der Waals surface area contributed by atoms with E-state index in [1.54, 1.807) is 154 Å². The first kappa shape index (κ1) is 101. The van der Waals surface area contributed by atoms with Gasteiger partial charge in [0.05, 0.1) is 95.8 Å². The molecule has 6 fully saturated rings. The molecule has 126 heavy (non-hydrogen) atoms. The number of likely N-dealkylation sites (N-methyl/N-ethyl adjacent to an activating group) is 2. The number of carbonyl (C=O) groups is 8. The zero-order chi connectivity index (χ0) is 93.1. The van der Waals surface area contributed by atoms with Crippen LogP contribution in [0.5, 0.6) is 0 Å². The largest absolute Gasteiger partial charge is 0.458 e. The second kappa shape index (κ2) is 42.9. The van der Waals surface area contributed by atoms with Crippen LogP contribution in [0.3, 0.4) is 0 Å². The van der Waals surface area contributed by atoms with Gasteiger partial charge in [-0.25, -0.2) is 19.0 Å². The summed E-state index contributed by atoms with van der Waals surface area (Å²) in [7, 11) is 9.75. The fourth-order valence-corrected chi connectivity index (χ4v) is 19.5. The summed E-state index contributed by atoms with van der Waals surface area (Å²) >= 11 is 0. The van der Waals surface area contributed by atoms with Crippen molar-refractivity contribution in [2.75, 3.05) is 62.0 Å². The van der Waals surface area contributed by atoms with Crippen molar-refractivity contribution in [2.24, 2.45) is 52.5 Å². The van der Waals surface area contributed by atoms with Gasteiger partial charge in [-0.2, -0.15) is 0 Å². The van der Waals surface area contributed by atoms with Crippen LogP contribution in [0.1, 0.15) is 168 Å². The van der Waals surface area contributed by atoms with Crippen LogP contribution in [0.2, 0.25) is 0 Å². The number of aryl methyl sites for hydroxylation is 1. The number of benzene rings is 2. The average Bonchev–Trinajstić information content (AvgIpc) is 1.65. The van der Waals surface area contributed by atoms with E-state index in [2.05, 4.69) is 46.9 Å². The van der Waals surface area contributed by atoms with E-state index in [4.69, 9.17) is 59.3 Å². The molecular weight excluding hydrogens is 1630 g/mol. The number of aliphatic hydroxyl groups excluding tert-OH is 4. The molecule has 2 aromatic carbocycles. The van der Waals surface area contributed by atoms with Gasteiger partial charge in [-0.05, 0) is 165 Å². The number of esters is 2. The average molecular weight is 1770 g/mol. The summed E-state index contributed by atoms with van der Waals surface area (Å²) in [5.41, 5.74) is 7.33. The Morgan fingerprint density at radius 1 is 0.556 bits per heavy atom. The van der Waals surface area contributed by atoms with E-state index < -0.39 is 203 Å². The lowest BCUT2D eigenvalue weighted by Crippen LogP contribution is -2.64. The minimum atomic E-state index is -1.45. The van der Waals surface area contributed by atoms with Gasteiger partial charge in [0.2, 0.25) is 0 Å². The summed E-state index contributed by atoms with van der Waals surface area (Å²) in [6.45, 7) is 28.9. The van der Waals surface area contributed by atoms with Gasteiger partial charge in [-0.1, -0.05) is 106 Å². The topological polar surface area (TPSA) is 464 Å². The number of Topliss-reactive ketones (excluding diaryl/α,β-unsaturated/α-hetero) is 4. The number of fused-ring (bicyclic) bond motifs is 4. The maximum Gasteiger partial charge on any atom is 0.410 e. The number of unbranched alkanes of at least 4 members (excludes halogenated alkanes) is 2. The quantitative estimate of drug-likeness (QED) is 0.00725. The minimum absolute atomic E-state index is 0.0630. The number of hydrogen-bond donors (Lipinski definition) is 4. The Morgan fingerprint density at radius 3 is 1.37 bits per heavy atom. The molecule has 0 saturated carbocycles. The Morgan fingerprint density at radius 2 is 0.960 bits per heavy atom. The number of methoxy groups -OCH3 is 2. The van der Waals surface area contributed by atoms with Crippen LogP contribution >= 0.6 is 0 Å². The normalized spacial score (nSPS) is 35.7. The molecule has 3 aromatic heterocycles. The second-order valence-electron chi connectivity index (χ2n) is 35.9. The van der Waals surface area contributed by atoms with Gasteiger partial charge in [-0.3, -0.25) is 33.4 Å². The standard InChI is InChI=1S/C44H66N8O11.C35H59N5O11.C9H7N3/c1-12-32-44(8)38(51(42(58)63-44)20-16-15-19-50-22-29(45-47-50)23-52-31-18-14-13-17-30(31)46-48-52)25(3)34(53)24(2)21-43(7,59-11)39(26(4)35(54)27(5)40(57)61-32)62-41-37(56)33(49(9)10)36(55)28(6)60-41;1-12-23-35(8)29(40(33(46)51-35)16-14-13-15-37-38-36)19(3)25(41)18(2)17-34(7,47-11)30(20(4)26(42)21(5)31(45)49-23)50-32-28(44)24(39(9)10)27(43)22(6)48-32;1-2-7-12-9-6-4-3-5-8(9)10-11-12/h13-14,17-18,22,24-28,32-33,36-39,41,55-56H,12,15-16,19-21,23H2,1-11H3;18-24,27-30,32,43-44H,12-17H2,1-11H3;1,3-6H,7H2/t24-,25+,26+,27-,28?,32?,33?,36?,37?,38-,39-,41?,43+,44-;18-,19+,20+,21-,22?,23?,24?,27?,28?,29-,30-,32?,34+,35-;/m11./s1. The molecule has 4 N–H and O–H groups in total. The van der Waals surface area contributed by atoms with Crippen molar-refractivity contribution < 1.29 is 106 Å². The molecule has 12 unspecified atom stereocenters. The van der Waals surface area contributed by atoms with E-state index in [0.717, 1.165) is 22.1 Å². The highest BCUT2D eigenvalue weighted by Crippen LogP contribution is 2.47. The van der Waals surface area contributed by atoms with Gasteiger partial charge in [-0.15, -0.1) is 21.7 Å². The summed E-state index contributed by atoms with van der Waals surface area (Å²) in [6, 6.07) is 12.2. The zero-order valence-electron chi connectivity index (χ0n) is 76.8. The number of hydrogen-bond acceptors (Lipinski definition) is 31. The number of cyclic esters (lactones) is 2. The SMILES string of the molecule is C#CCn1nnc2ccccc21.CCC1OC(=O)[C@H](C)C(=O)[C@H](C)[C@@H](OC2OC(C)C(O)C(N(C)C)C2O)[C@@](C)(OC)C[C@@H](C)C(=O)[C@H](C)[C@H]2N(CCCCN=[N+]=[N-])C(=O)O[C@]12C.CCC1OC(=O)[C@H](C)C(=O)[C@H](C)[C@@H](OC2OC(C)C(O)C(N(C)C)C2O)[C@@](C)(OC)C[C@@H](C)C(=O)[C@H](C)[C@H]2N(CCCCn3cc(Cn4nnc5ccccc54)nn3)C(=O)O[C@]12C. The van der Waals surface area contributed by atoms with E-state index in [-0.39, 0.29) is 56.9 Å². The molecule has 11 rings (SSSR count). The molecule has 9 heterocycles. The summed E-state index contributed by atoms with van der Waals surface area (Å²) in [4.78, 5) is 122. The van der Waals surface area contributed by atoms with Gasteiger partial charge in [0.25, 0.3) is 0 Å². The highest BCUT2D eigenvalue weighted by Gasteiger charge is 2.63. The molecular formula is C88H132N16O22. The van der Waals surface area contributed by atoms with Gasteiger partial charge in [0.15, 0.2) is 35.3 Å². The van der Waals surface area contributed by atoms with Gasteiger partial charge >= 0.3 is 24.1 Å². The second-order valence-corrected chi connectivity index (χ2v) is 35.9. The van der Waals surface area contributed by atoms with Crippen LogP contribution in [0.25, 0.3) is 32.5 Å². The summed E-state index contributed by atoms with van der Waals surface area (Å²) in [6.07, 6.45) is -4.67. The number of para-hydroxylation sites is 2. The van der Waals surface area contributed by atoms with Gasteiger partial charge in [0, 0.05) is 80.8 Å². The Labute approximate surface area is 736 Å². The molecule has 0 spiro atoms. The number of ether oxygens (including phenoxy) is 10. The maximum absolute atomic E-state index is 14.8. The predicted molar refractivity (Wildman–Crippen MR) is 457 cm³/mol. The molecule has 6 aliphatic heterocycles. The maximum atomic E-state index is 14.8. The smallest absolute Gasteiger partial charge is 0.410 e. The molecule has 38 nitrogen and oxygen atoms in total. The number of azide groups is 1. The van der Waals surface area contributed by atoms with Crippen molar-refractivity contribution in [1.82, 2.24) is 64.6 Å². The van der Waals surface area contributed by atoms with E-state index >= 15 is 0 Å². The highest BCUT2D eigenvalue weighted by molar-refractivity contribution is 6.01. The third kappa shape index (κ3) is 21.6. The molecule has 696 valence electrons. The molecule has 2 amide bonds. The number of terminal acetylenes is 1. The summed E-state index contributed by atoms with van der Waals surface area (Å²) in [5.74, 6) is -8.19. The Balaban J connectivity index is 0.000000255. The van der Waals surface area contributed by atoms with Crippen molar-refractivity contribution >= 4 is 69.3 Å². The summed E-state index contributed by atoms with van der Waals surface area (Å²) in [5, 5.41) is 73.0. The Kier molecular flexibility index (Phi) is 34.3. The van der Waals surface area contributed by atoms with Crippen LogP contribution in [0, 0.1) is 59.7 Å². The molecule has 6 aliphatic rings. The number of aromatic nitrogens is 9. The number of rotatable bonds is 23. The minimum Gasteiger partial charge on any atom is -0.458 e. The number of ketones is 4. The first-order valence-corrected chi connectivity index (χ1v) is 43.7. The molecule has 0 radical (unpaired) electrons. The van der Waals surface area contributed by atoms with Crippen molar-refractivity contribution in [2.45, 2.75) is 302 Å².